The van der Waals surface area contributed by atoms with Crippen LogP contribution < -0.4 is 9.62 Å². The van der Waals surface area contributed by atoms with Gasteiger partial charge in [-0.2, -0.15) is 0 Å². The molecule has 0 aliphatic heterocycles. The van der Waals surface area contributed by atoms with Gasteiger partial charge < -0.3 is 10.2 Å². The lowest BCUT2D eigenvalue weighted by atomic mass is 10.1. The average Bonchev–Trinajstić information content (AvgIpc) is 2.82. The number of hydrogen-bond donors (Lipinski definition) is 1. The molecule has 2 unspecified atom stereocenters. The number of benzene rings is 2. The molecule has 1 N–H and O–H groups in total. The number of hydrogen-bond acceptors (Lipinski definition) is 4. The molecule has 2 amide bonds. The van der Waals surface area contributed by atoms with Gasteiger partial charge in [0.2, 0.25) is 21.8 Å². The second-order valence-electron chi connectivity index (χ2n) is 8.96. The third kappa shape index (κ3) is 8.20. The van der Waals surface area contributed by atoms with Crippen LogP contribution in [0.3, 0.4) is 0 Å². The maximum absolute atomic E-state index is 13.4. The highest BCUT2D eigenvalue weighted by Gasteiger charge is 2.27. The van der Waals surface area contributed by atoms with E-state index in [9.17, 15) is 22.4 Å². The third-order valence-corrected chi connectivity index (χ3v) is 7.68. The van der Waals surface area contributed by atoms with Crippen LogP contribution in [-0.4, -0.2) is 50.0 Å². The van der Waals surface area contributed by atoms with Crippen molar-refractivity contribution in [2.75, 3.05) is 17.1 Å². The summed E-state index contributed by atoms with van der Waals surface area (Å²) < 4.78 is 39.6. The van der Waals surface area contributed by atoms with Gasteiger partial charge in [0.1, 0.15) is 11.9 Å². The largest absolute Gasteiger partial charge is 0.352 e. The van der Waals surface area contributed by atoms with E-state index in [-0.39, 0.29) is 43.8 Å². The molecular formula is C26H35ClFN3O4S. The Morgan fingerprint density at radius 3 is 2.33 bits per heavy atom. The molecule has 2 rings (SSSR count). The number of carbonyl (C=O) groups excluding carboxylic acids is 2. The second-order valence-corrected chi connectivity index (χ2v) is 11.3. The lowest BCUT2D eigenvalue weighted by molar-refractivity contribution is -0.140. The monoisotopic (exact) mass is 539 g/mol. The van der Waals surface area contributed by atoms with Crippen LogP contribution in [0, 0.1) is 12.7 Å². The number of nitrogens with one attached hydrogen (secondary N) is 1. The minimum Gasteiger partial charge on any atom is -0.352 e. The van der Waals surface area contributed by atoms with Gasteiger partial charge in [0.25, 0.3) is 0 Å². The topological polar surface area (TPSA) is 86.8 Å². The average molecular weight is 540 g/mol. The Bertz CT molecular complexity index is 1160. The molecule has 198 valence electrons. The molecule has 36 heavy (non-hydrogen) atoms. The Morgan fingerprint density at radius 2 is 1.75 bits per heavy atom. The fourth-order valence-corrected chi connectivity index (χ4v) is 4.87. The van der Waals surface area contributed by atoms with Gasteiger partial charge in [-0.15, -0.1) is 0 Å². The van der Waals surface area contributed by atoms with Crippen molar-refractivity contribution in [3.8, 4) is 0 Å². The van der Waals surface area contributed by atoms with Crippen LogP contribution in [0.5, 0.6) is 0 Å². The fraction of sp³-hybridized carbons (Fsp3) is 0.462. The van der Waals surface area contributed by atoms with Crippen LogP contribution in [0.25, 0.3) is 0 Å². The molecule has 0 spiro atoms. The Hall–Kier alpha value is -2.65. The Labute approximate surface area is 218 Å². The van der Waals surface area contributed by atoms with Crippen molar-refractivity contribution >= 4 is 39.1 Å². The zero-order chi connectivity index (χ0) is 27.0. The zero-order valence-electron chi connectivity index (χ0n) is 21.4. The van der Waals surface area contributed by atoms with Gasteiger partial charge in [-0.05, 0) is 69.0 Å². The summed E-state index contributed by atoms with van der Waals surface area (Å²) >= 11 is 6.19. The molecule has 0 heterocycles. The molecular weight excluding hydrogens is 505 g/mol. The highest BCUT2D eigenvalue weighted by atomic mass is 35.5. The van der Waals surface area contributed by atoms with E-state index in [1.54, 1.807) is 44.2 Å². The van der Waals surface area contributed by atoms with E-state index in [4.69, 9.17) is 11.6 Å². The maximum atomic E-state index is 13.4. The zero-order valence-corrected chi connectivity index (χ0v) is 23.0. The molecule has 0 aliphatic carbocycles. The van der Waals surface area contributed by atoms with Crippen molar-refractivity contribution in [3.63, 3.8) is 0 Å². The van der Waals surface area contributed by atoms with E-state index in [1.165, 1.54) is 21.3 Å². The first kappa shape index (κ1) is 29.6. The minimum atomic E-state index is -3.62. The van der Waals surface area contributed by atoms with E-state index >= 15 is 0 Å². The molecule has 0 aromatic heterocycles. The first-order chi connectivity index (χ1) is 16.8. The van der Waals surface area contributed by atoms with Gasteiger partial charge in [-0.25, -0.2) is 12.8 Å². The van der Waals surface area contributed by atoms with Crippen molar-refractivity contribution in [2.24, 2.45) is 0 Å². The Balaban J connectivity index is 2.20. The summed E-state index contributed by atoms with van der Waals surface area (Å²) in [4.78, 5) is 27.5. The lowest BCUT2D eigenvalue weighted by Gasteiger charge is -2.30. The number of amides is 2. The van der Waals surface area contributed by atoms with Crippen molar-refractivity contribution in [1.29, 1.82) is 0 Å². The van der Waals surface area contributed by atoms with Crippen molar-refractivity contribution in [3.05, 3.63) is 64.4 Å². The van der Waals surface area contributed by atoms with Gasteiger partial charge in [-0.3, -0.25) is 13.9 Å². The van der Waals surface area contributed by atoms with Crippen molar-refractivity contribution < 1.29 is 22.4 Å². The maximum Gasteiger partial charge on any atom is 0.242 e. The van der Waals surface area contributed by atoms with Gasteiger partial charge in [0, 0.05) is 30.6 Å². The third-order valence-electron chi connectivity index (χ3n) is 6.09. The van der Waals surface area contributed by atoms with E-state index in [2.05, 4.69) is 5.32 Å². The van der Waals surface area contributed by atoms with Gasteiger partial charge >= 0.3 is 0 Å². The SMILES string of the molecule is CCC(C)NC(=O)C(C)N(Cc1ccc(F)cc1)C(=O)CCCN(c1cccc(Cl)c1C)S(C)(=O)=O. The predicted molar refractivity (Wildman–Crippen MR) is 142 cm³/mol. The summed E-state index contributed by atoms with van der Waals surface area (Å²) in [6, 6.07) is 9.97. The smallest absolute Gasteiger partial charge is 0.242 e. The summed E-state index contributed by atoms with van der Waals surface area (Å²) in [5.41, 5.74) is 1.77. The Morgan fingerprint density at radius 1 is 1.11 bits per heavy atom. The molecule has 7 nitrogen and oxygen atoms in total. The molecule has 2 aromatic rings. The predicted octanol–water partition coefficient (Wildman–Crippen LogP) is 4.67. The molecule has 2 aromatic carbocycles. The molecule has 0 radical (unpaired) electrons. The summed E-state index contributed by atoms with van der Waals surface area (Å²) in [6.07, 6.45) is 2.11. The molecule has 0 aliphatic rings. The summed E-state index contributed by atoms with van der Waals surface area (Å²) in [7, 11) is -3.62. The number of anilines is 1. The number of carbonyl (C=O) groups is 2. The molecule has 0 saturated carbocycles. The number of sulfonamides is 1. The van der Waals surface area contributed by atoms with Crippen LogP contribution in [0.4, 0.5) is 10.1 Å². The van der Waals surface area contributed by atoms with Crippen LogP contribution >= 0.6 is 11.6 Å². The van der Waals surface area contributed by atoms with Crippen molar-refractivity contribution in [1.82, 2.24) is 10.2 Å². The van der Waals surface area contributed by atoms with Gasteiger partial charge in [0.05, 0.1) is 11.9 Å². The van der Waals surface area contributed by atoms with E-state index in [0.717, 1.165) is 12.7 Å². The van der Waals surface area contributed by atoms with Crippen LogP contribution in [0.2, 0.25) is 5.02 Å². The van der Waals surface area contributed by atoms with Crippen LogP contribution in [0.1, 0.15) is 51.2 Å². The first-order valence-corrected chi connectivity index (χ1v) is 14.1. The number of halogens is 2. The van der Waals surface area contributed by atoms with E-state index in [0.29, 0.717) is 21.8 Å². The lowest BCUT2D eigenvalue weighted by Crippen LogP contribution is -2.49. The van der Waals surface area contributed by atoms with Crippen molar-refractivity contribution in [2.45, 2.75) is 65.6 Å². The second kappa shape index (κ2) is 13.1. The number of nitrogens with zero attached hydrogens (tertiary/aromatic N) is 2. The normalized spacial score (nSPS) is 13.1. The molecule has 0 saturated heterocycles. The summed E-state index contributed by atoms with van der Waals surface area (Å²) in [5, 5.41) is 3.34. The van der Waals surface area contributed by atoms with Crippen LogP contribution in [0.15, 0.2) is 42.5 Å². The molecule has 0 fully saturated rings. The fourth-order valence-electron chi connectivity index (χ4n) is 3.68. The quantitative estimate of drug-likeness (QED) is 0.425. The highest BCUT2D eigenvalue weighted by Crippen LogP contribution is 2.28. The molecule has 2 atom stereocenters. The first-order valence-electron chi connectivity index (χ1n) is 11.9. The standard InChI is InChI=1S/C26H35ClFN3O4S/c1-6-18(2)29-26(33)20(4)30(17-21-12-14-22(28)15-13-21)25(32)11-8-16-31(36(5,34)35)24-10-7-9-23(27)19(24)3/h7,9-10,12-15,18,20H,6,8,11,16-17H2,1-5H3,(H,29,33). The molecule has 10 heteroatoms. The van der Waals surface area contributed by atoms with Gasteiger partial charge in [0.15, 0.2) is 0 Å². The van der Waals surface area contributed by atoms with Gasteiger partial charge in [-0.1, -0.05) is 36.7 Å². The van der Waals surface area contributed by atoms with E-state index < -0.39 is 21.9 Å². The summed E-state index contributed by atoms with van der Waals surface area (Å²) in [6.45, 7) is 7.42. The van der Waals surface area contributed by atoms with E-state index in [1.807, 2.05) is 13.8 Å². The van der Waals surface area contributed by atoms with Crippen LogP contribution in [-0.2, 0) is 26.2 Å². The summed E-state index contributed by atoms with van der Waals surface area (Å²) in [5.74, 6) is -0.981. The number of rotatable bonds is 12. The minimum absolute atomic E-state index is 0.0216. The molecule has 0 bridgehead atoms. The Kier molecular flexibility index (Phi) is 10.7. The highest BCUT2D eigenvalue weighted by molar-refractivity contribution is 7.92.